The van der Waals surface area contributed by atoms with Crippen LogP contribution in [-0.2, 0) is 26.0 Å². The number of anilines is 2. The average Bonchev–Trinajstić information content (AvgIpc) is 3.17. The van der Waals surface area contributed by atoms with E-state index < -0.39 is 6.03 Å². The summed E-state index contributed by atoms with van der Waals surface area (Å²) in [6.07, 6.45) is 2.44. The van der Waals surface area contributed by atoms with Gasteiger partial charge in [0.15, 0.2) is 5.78 Å². The molecule has 0 fully saturated rings. The van der Waals surface area contributed by atoms with Crippen LogP contribution in [0.2, 0.25) is 0 Å². The van der Waals surface area contributed by atoms with Crippen LogP contribution in [0, 0.1) is 0 Å². The highest BCUT2D eigenvalue weighted by Gasteiger charge is 2.19. The molecular formula is C43H50N4O8. The van der Waals surface area contributed by atoms with Gasteiger partial charge in [0.05, 0.1) is 45.8 Å². The van der Waals surface area contributed by atoms with Crippen LogP contribution in [0.25, 0.3) is 10.8 Å². The van der Waals surface area contributed by atoms with Crippen LogP contribution in [0.15, 0.2) is 85.1 Å². The van der Waals surface area contributed by atoms with Crippen LogP contribution in [0.5, 0.6) is 23.1 Å². The number of ether oxygens (including phenoxy) is 6. The second kappa shape index (κ2) is 19.7. The minimum atomic E-state index is -0.431. The van der Waals surface area contributed by atoms with Crippen molar-refractivity contribution in [2.45, 2.75) is 46.0 Å². The monoisotopic (exact) mass is 750 g/mol. The Labute approximate surface area is 322 Å². The molecule has 0 aliphatic carbocycles. The van der Waals surface area contributed by atoms with E-state index in [9.17, 15) is 9.59 Å². The van der Waals surface area contributed by atoms with Crippen molar-refractivity contribution in [3.05, 3.63) is 108 Å². The van der Waals surface area contributed by atoms with Crippen LogP contribution < -0.4 is 24.8 Å². The van der Waals surface area contributed by atoms with Crippen molar-refractivity contribution < 1.29 is 38.0 Å². The van der Waals surface area contributed by atoms with Crippen molar-refractivity contribution in [1.29, 1.82) is 0 Å². The van der Waals surface area contributed by atoms with Crippen LogP contribution in [0.4, 0.5) is 16.2 Å². The molecule has 0 bridgehead atoms. The molecule has 12 heteroatoms. The molecule has 4 aromatic carbocycles. The molecule has 0 atom stereocenters. The van der Waals surface area contributed by atoms with Crippen molar-refractivity contribution in [3.8, 4) is 23.1 Å². The molecule has 0 unspecified atom stereocenters. The van der Waals surface area contributed by atoms with Gasteiger partial charge in [0, 0.05) is 60.3 Å². The number of ketones is 1. The fourth-order valence-corrected chi connectivity index (χ4v) is 5.69. The highest BCUT2D eigenvalue weighted by atomic mass is 16.6. The first-order chi connectivity index (χ1) is 26.6. The number of urea groups is 1. The zero-order valence-electron chi connectivity index (χ0n) is 32.4. The molecule has 0 aliphatic rings. The molecule has 1 heterocycles. The van der Waals surface area contributed by atoms with Crippen LogP contribution in [0.3, 0.4) is 0 Å². The third-order valence-corrected chi connectivity index (χ3v) is 8.56. The number of amides is 2. The highest BCUT2D eigenvalue weighted by molar-refractivity contribution is 6.08. The Hall–Kier alpha value is -5.56. The van der Waals surface area contributed by atoms with Gasteiger partial charge in [-0.3, -0.25) is 4.79 Å². The molecule has 2 N–H and O–H groups in total. The first-order valence-corrected chi connectivity index (χ1v) is 18.3. The molecule has 0 radical (unpaired) electrons. The summed E-state index contributed by atoms with van der Waals surface area (Å²) in [7, 11) is 3.24. The molecule has 5 aromatic rings. The summed E-state index contributed by atoms with van der Waals surface area (Å²) in [5.74, 6) is 2.79. The molecule has 5 rings (SSSR count). The highest BCUT2D eigenvalue weighted by Crippen LogP contribution is 2.35. The van der Waals surface area contributed by atoms with Gasteiger partial charge in [-0.25, -0.2) is 9.78 Å². The van der Waals surface area contributed by atoms with E-state index in [1.165, 1.54) is 0 Å². The largest absolute Gasteiger partial charge is 0.497 e. The minimum absolute atomic E-state index is 0.0146. The lowest BCUT2D eigenvalue weighted by Gasteiger charge is -2.21. The van der Waals surface area contributed by atoms with Gasteiger partial charge in [-0.15, -0.1) is 0 Å². The van der Waals surface area contributed by atoms with E-state index in [2.05, 4.69) is 41.4 Å². The number of Topliss-reactive ketones (excluding diaryl/α,β-unsaturated/α-hetero) is 1. The Kier molecular flexibility index (Phi) is 14.5. The predicted molar refractivity (Wildman–Crippen MR) is 213 cm³/mol. The number of fused-ring (bicyclic) bond motifs is 1. The summed E-state index contributed by atoms with van der Waals surface area (Å²) in [5, 5.41) is 7.45. The SMILES string of the molecule is CCC(=O)c1cc(NC(=O)Nc2ccc(Oc3ccnc(Cc4cc(OC)cc(OCCOCCOCCOC)c4)n3)c3ccccc23)cc(C(C)(C)C)c1. The van der Waals surface area contributed by atoms with E-state index in [1.807, 2.05) is 61.5 Å². The molecule has 0 aliphatic heterocycles. The van der Waals surface area contributed by atoms with E-state index in [-0.39, 0.29) is 11.2 Å². The second-order valence-electron chi connectivity index (χ2n) is 13.7. The van der Waals surface area contributed by atoms with Crippen LogP contribution in [0.1, 0.15) is 61.4 Å². The summed E-state index contributed by atoms with van der Waals surface area (Å²) in [6.45, 7) is 10.9. The number of aromatic nitrogens is 2. The molecule has 0 saturated heterocycles. The van der Waals surface area contributed by atoms with Gasteiger partial charge in [0.25, 0.3) is 0 Å². The number of hydrogen-bond acceptors (Lipinski definition) is 10. The molecule has 0 saturated carbocycles. The summed E-state index contributed by atoms with van der Waals surface area (Å²) in [5.41, 5.74) is 3.35. The summed E-state index contributed by atoms with van der Waals surface area (Å²) < 4.78 is 33.7. The number of benzene rings is 4. The topological polar surface area (TPSA) is 139 Å². The van der Waals surface area contributed by atoms with Gasteiger partial charge >= 0.3 is 6.03 Å². The predicted octanol–water partition coefficient (Wildman–Crippen LogP) is 8.61. The number of carbonyl (C=O) groups excluding carboxylic acids is 2. The maximum absolute atomic E-state index is 13.3. The molecular weight excluding hydrogens is 700 g/mol. The van der Waals surface area contributed by atoms with Crippen LogP contribution in [-0.4, -0.2) is 75.6 Å². The van der Waals surface area contributed by atoms with Gasteiger partial charge in [0.2, 0.25) is 5.88 Å². The molecule has 290 valence electrons. The lowest BCUT2D eigenvalue weighted by molar-refractivity contribution is 0.0179. The average molecular weight is 751 g/mol. The van der Waals surface area contributed by atoms with E-state index in [4.69, 9.17) is 28.4 Å². The molecule has 0 spiro atoms. The minimum Gasteiger partial charge on any atom is -0.497 e. The number of hydrogen-bond donors (Lipinski definition) is 2. The number of nitrogens with one attached hydrogen (secondary N) is 2. The van der Waals surface area contributed by atoms with E-state index in [1.54, 1.807) is 44.7 Å². The van der Waals surface area contributed by atoms with Crippen LogP contribution >= 0.6 is 0 Å². The number of carbonyl (C=O) groups is 2. The van der Waals surface area contributed by atoms with E-state index in [0.717, 1.165) is 21.9 Å². The summed E-state index contributed by atoms with van der Waals surface area (Å²) in [4.78, 5) is 35.1. The Balaban J connectivity index is 1.25. The van der Waals surface area contributed by atoms with Crippen molar-refractivity contribution in [2.75, 3.05) is 64.5 Å². The number of rotatable bonds is 19. The number of methoxy groups -OCH3 is 2. The number of nitrogens with zero attached hydrogens (tertiary/aromatic N) is 2. The normalized spacial score (nSPS) is 11.3. The molecule has 2 amide bonds. The fourth-order valence-electron chi connectivity index (χ4n) is 5.69. The summed E-state index contributed by atoms with van der Waals surface area (Å²) in [6, 6.07) is 23.7. The Morgan fingerprint density at radius 1 is 0.764 bits per heavy atom. The van der Waals surface area contributed by atoms with Gasteiger partial charge in [-0.1, -0.05) is 52.0 Å². The first kappa shape index (κ1) is 40.6. The first-order valence-electron chi connectivity index (χ1n) is 18.3. The van der Waals surface area contributed by atoms with Gasteiger partial charge in [-0.2, -0.15) is 4.98 Å². The molecule has 55 heavy (non-hydrogen) atoms. The Morgan fingerprint density at radius 2 is 1.49 bits per heavy atom. The van der Waals surface area contributed by atoms with Crippen molar-refractivity contribution in [1.82, 2.24) is 9.97 Å². The van der Waals surface area contributed by atoms with Crippen molar-refractivity contribution in [3.63, 3.8) is 0 Å². The van der Waals surface area contributed by atoms with E-state index in [0.29, 0.717) is 98.4 Å². The standard InChI is InChI=1S/C43H50N4O8/c1-7-38(48)30-25-31(43(2,3)4)27-32(26-30)45-42(49)46-37-12-13-39(36-11-9-8-10-35(36)37)55-41-14-15-44-40(47-41)24-29-22-33(51-6)28-34(23-29)54-21-20-53-19-18-52-17-16-50-5/h8-15,22-23,25-28H,7,16-21,24H2,1-6H3,(H2,45,46,49). The maximum atomic E-state index is 13.3. The van der Waals surface area contributed by atoms with Gasteiger partial charge in [0.1, 0.15) is 29.7 Å². The smallest absolute Gasteiger partial charge is 0.323 e. The van der Waals surface area contributed by atoms with Crippen molar-refractivity contribution >= 4 is 34.0 Å². The summed E-state index contributed by atoms with van der Waals surface area (Å²) >= 11 is 0. The lowest BCUT2D eigenvalue weighted by atomic mass is 9.85. The fraction of sp³-hybridized carbons (Fsp3) is 0.349. The zero-order chi connectivity index (χ0) is 39.2. The maximum Gasteiger partial charge on any atom is 0.323 e. The van der Waals surface area contributed by atoms with E-state index >= 15 is 0 Å². The van der Waals surface area contributed by atoms with Crippen molar-refractivity contribution in [2.24, 2.45) is 0 Å². The van der Waals surface area contributed by atoms with Gasteiger partial charge in [-0.05, 0) is 59.0 Å². The molecule has 1 aromatic heterocycles. The third kappa shape index (κ3) is 12.0. The second-order valence-corrected chi connectivity index (χ2v) is 13.7. The lowest BCUT2D eigenvalue weighted by Crippen LogP contribution is -2.21. The quantitative estimate of drug-likeness (QED) is 0.0623. The Bertz CT molecular complexity index is 2060. The Morgan fingerprint density at radius 3 is 2.22 bits per heavy atom. The zero-order valence-corrected chi connectivity index (χ0v) is 32.4. The van der Waals surface area contributed by atoms with Gasteiger partial charge < -0.3 is 39.1 Å². The molecule has 12 nitrogen and oxygen atoms in total. The third-order valence-electron chi connectivity index (χ3n) is 8.56.